The lowest BCUT2D eigenvalue weighted by Crippen LogP contribution is -2.62. The fourth-order valence-electron chi connectivity index (χ4n) is 18.0. The summed E-state index contributed by atoms with van der Waals surface area (Å²) >= 11 is 0. The van der Waals surface area contributed by atoms with Gasteiger partial charge in [-0.2, -0.15) is 0 Å². The van der Waals surface area contributed by atoms with Crippen LogP contribution >= 0.6 is 0 Å². The van der Waals surface area contributed by atoms with Crippen molar-refractivity contribution in [1.82, 2.24) is 10.6 Å². The first kappa shape index (κ1) is 52.5. The molecule has 0 spiro atoms. The van der Waals surface area contributed by atoms with E-state index in [9.17, 15) is 49.8 Å². The number of carboxylic acids is 2. The number of carbonyl (C=O) groups excluding carboxylic acids is 2. The fourth-order valence-corrected chi connectivity index (χ4v) is 18.0. The van der Waals surface area contributed by atoms with Gasteiger partial charge in [-0.25, -0.2) is 0 Å². The number of aliphatic hydroxyl groups excluding tert-OH is 6. The standard InChI is InChI=1S/C27H45NO6.C26H43NO6/c1-15(4-7-23(32)28-11-9-24(33)34)18-5-6-19-25-20(14-22(31)27(18,19)3)26(2)10-8-17(29)12-16(26)13-21(25)30;1-14(4-7-22(31)27-13-23(32)33)17-5-6-18-24-19(12-21(30)26(17,18)3)25(2)9-8-16(28)10-15(25)11-20(24)29/h15-22,25,29-31H,4-14H2,1-3H3,(H,28,32)(H,33,34);14-21,24,28-30H,4-13H2,1-3H3,(H,27,31)(H,32,33)/t15-,16?,17-,18-,19?,20?,21-,22+,25?,26+,27-;14-,15+,16-,17-,18?,19?,20-,21+,24?,25+,26-/m11/s1. The van der Waals surface area contributed by atoms with E-state index < -0.39 is 24.1 Å². The van der Waals surface area contributed by atoms with Crippen molar-refractivity contribution in [1.29, 1.82) is 0 Å². The Bertz CT molecular complexity index is 1780. The Morgan fingerprint density at radius 1 is 0.522 bits per heavy atom. The Labute approximate surface area is 399 Å². The minimum Gasteiger partial charge on any atom is -0.481 e. The van der Waals surface area contributed by atoms with E-state index in [-0.39, 0.29) is 131 Å². The molecular formula is C53H88N2O12. The highest BCUT2D eigenvalue weighted by atomic mass is 16.4. The Morgan fingerprint density at radius 3 is 1.34 bits per heavy atom. The van der Waals surface area contributed by atoms with Gasteiger partial charge in [-0.3, -0.25) is 19.2 Å². The number of rotatable bonds is 13. The first-order valence-electron chi connectivity index (χ1n) is 26.5. The largest absolute Gasteiger partial charge is 0.481 e. The molecule has 2 amide bonds. The average Bonchev–Trinajstić information content (AvgIpc) is 3.81. The molecule has 0 aliphatic heterocycles. The minimum absolute atomic E-state index is 0.0668. The number of aliphatic hydroxyl groups is 6. The van der Waals surface area contributed by atoms with E-state index in [0.29, 0.717) is 49.9 Å². The molecule has 0 heterocycles. The van der Waals surface area contributed by atoms with Gasteiger partial charge in [0.05, 0.1) is 43.0 Å². The van der Waals surface area contributed by atoms with Crippen molar-refractivity contribution in [3.05, 3.63) is 0 Å². The van der Waals surface area contributed by atoms with Gasteiger partial charge >= 0.3 is 11.9 Å². The summed E-state index contributed by atoms with van der Waals surface area (Å²) < 4.78 is 0. The molecule has 14 heteroatoms. The molecule has 14 nitrogen and oxygen atoms in total. The number of nitrogens with one attached hydrogen (secondary N) is 2. The molecule has 8 aliphatic carbocycles. The SMILES string of the molecule is C[C@H](CCC(=O)NCC(=O)O)[C@H]1CCC2C3C(C[C@H](O)[C@@]21C)[C@@]1(C)CC[C@@H](O)C[C@H]1C[C@H]3O.C[C@H](CCC(=O)NCCC(=O)O)[C@H]1CCC2C3C(C[C@H](O)[C@@]21C)[C@@]1(C)CC[C@@H](O)CC1C[C@H]3O. The molecule has 8 aliphatic rings. The summed E-state index contributed by atoms with van der Waals surface area (Å²) in [6.45, 7) is 13.3. The van der Waals surface area contributed by atoms with Gasteiger partial charge in [0.25, 0.3) is 0 Å². The maximum absolute atomic E-state index is 12.2. The van der Waals surface area contributed by atoms with Crippen LogP contribution in [0.25, 0.3) is 0 Å². The molecule has 0 saturated heterocycles. The van der Waals surface area contributed by atoms with Crippen molar-refractivity contribution in [2.45, 2.75) is 200 Å². The van der Waals surface area contributed by atoms with Crippen LogP contribution in [0.5, 0.6) is 0 Å². The van der Waals surface area contributed by atoms with Crippen LogP contribution in [0, 0.1) is 92.7 Å². The van der Waals surface area contributed by atoms with Crippen LogP contribution in [0.4, 0.5) is 0 Å². The molecule has 0 radical (unpaired) electrons. The summed E-state index contributed by atoms with van der Waals surface area (Å²) in [4.78, 5) is 45.6. The molecule has 0 aromatic rings. The topological polar surface area (TPSA) is 254 Å². The van der Waals surface area contributed by atoms with Gasteiger partial charge in [-0.1, -0.05) is 41.5 Å². The molecule has 7 unspecified atom stereocenters. The van der Waals surface area contributed by atoms with Crippen LogP contribution in [0.2, 0.25) is 0 Å². The van der Waals surface area contributed by atoms with E-state index in [2.05, 4.69) is 52.2 Å². The Morgan fingerprint density at radius 2 is 0.940 bits per heavy atom. The van der Waals surface area contributed by atoms with Crippen molar-refractivity contribution in [2.75, 3.05) is 13.1 Å². The van der Waals surface area contributed by atoms with E-state index >= 15 is 0 Å². The van der Waals surface area contributed by atoms with Gasteiger partial charge in [0.2, 0.25) is 11.8 Å². The third-order valence-electron chi connectivity index (χ3n) is 21.8. The Kier molecular flexibility index (Phi) is 16.0. The summed E-state index contributed by atoms with van der Waals surface area (Å²) in [6.07, 6.45) is 11.9. The molecule has 0 aromatic heterocycles. The highest BCUT2D eigenvalue weighted by Crippen LogP contribution is 2.70. The number of fused-ring (bicyclic) bond motifs is 10. The highest BCUT2D eigenvalue weighted by Gasteiger charge is 2.67. The number of carbonyl (C=O) groups is 4. The van der Waals surface area contributed by atoms with Crippen LogP contribution in [0.15, 0.2) is 0 Å². The second kappa shape index (κ2) is 20.4. The van der Waals surface area contributed by atoms with Gasteiger partial charge < -0.3 is 51.5 Å². The van der Waals surface area contributed by atoms with Crippen molar-refractivity contribution in [3.8, 4) is 0 Å². The van der Waals surface area contributed by atoms with Crippen molar-refractivity contribution in [2.24, 2.45) is 92.7 Å². The maximum Gasteiger partial charge on any atom is 0.322 e. The third kappa shape index (κ3) is 9.85. The van der Waals surface area contributed by atoms with Crippen LogP contribution in [-0.4, -0.2) is 114 Å². The van der Waals surface area contributed by atoms with Gasteiger partial charge in [0.15, 0.2) is 0 Å². The second-order valence-corrected chi connectivity index (χ2v) is 24.7. The van der Waals surface area contributed by atoms with E-state index in [1.807, 2.05) is 0 Å². The van der Waals surface area contributed by atoms with Crippen LogP contribution < -0.4 is 10.6 Å². The quantitative estimate of drug-likeness (QED) is 0.110. The molecule has 22 atom stereocenters. The third-order valence-corrected chi connectivity index (χ3v) is 21.8. The number of hydrogen-bond donors (Lipinski definition) is 10. The Hall–Kier alpha value is -2.36. The number of amides is 2. The zero-order valence-corrected chi connectivity index (χ0v) is 41.5. The lowest BCUT2D eigenvalue weighted by molar-refractivity contribution is -0.207. The molecule has 10 N–H and O–H groups in total. The number of carboxylic acid groups (broad SMARTS) is 2. The summed E-state index contributed by atoms with van der Waals surface area (Å²) in [5.41, 5.74) is -0.407. The number of aliphatic carboxylic acids is 2. The van der Waals surface area contributed by atoms with Crippen molar-refractivity contribution >= 4 is 23.8 Å². The monoisotopic (exact) mass is 945 g/mol. The van der Waals surface area contributed by atoms with Gasteiger partial charge in [-0.05, 0) is 195 Å². The molecule has 382 valence electrons. The first-order chi connectivity index (χ1) is 31.5. The van der Waals surface area contributed by atoms with Crippen LogP contribution in [0.1, 0.15) is 164 Å². The average molecular weight is 945 g/mol. The molecule has 8 fully saturated rings. The van der Waals surface area contributed by atoms with Crippen LogP contribution in [-0.2, 0) is 19.2 Å². The predicted octanol–water partition coefficient (Wildman–Crippen LogP) is 5.52. The summed E-state index contributed by atoms with van der Waals surface area (Å²) in [6, 6.07) is 0. The molecule has 8 rings (SSSR count). The summed E-state index contributed by atoms with van der Waals surface area (Å²) in [7, 11) is 0. The smallest absolute Gasteiger partial charge is 0.322 e. The number of hydrogen-bond acceptors (Lipinski definition) is 10. The first-order valence-corrected chi connectivity index (χ1v) is 26.5. The normalized spacial score (nSPS) is 47.2. The van der Waals surface area contributed by atoms with E-state index in [4.69, 9.17) is 10.2 Å². The van der Waals surface area contributed by atoms with E-state index in [0.717, 1.165) is 83.5 Å². The fraction of sp³-hybridized carbons (Fsp3) is 0.925. The second-order valence-electron chi connectivity index (χ2n) is 24.7. The van der Waals surface area contributed by atoms with Gasteiger partial charge in [-0.15, -0.1) is 0 Å². The molecular weight excluding hydrogens is 857 g/mol. The molecule has 67 heavy (non-hydrogen) atoms. The zero-order valence-electron chi connectivity index (χ0n) is 41.5. The Balaban J connectivity index is 0.000000199. The van der Waals surface area contributed by atoms with Crippen molar-refractivity contribution < 1.29 is 60.0 Å². The van der Waals surface area contributed by atoms with E-state index in [1.54, 1.807) is 0 Å². The highest BCUT2D eigenvalue weighted by molar-refractivity contribution is 5.81. The summed E-state index contributed by atoms with van der Waals surface area (Å²) in [5.74, 6) is 0.873. The molecule has 8 saturated carbocycles. The lowest BCUT2D eigenvalue weighted by atomic mass is 9.43. The van der Waals surface area contributed by atoms with Crippen LogP contribution in [0.3, 0.4) is 0 Å². The minimum atomic E-state index is -1.04. The predicted molar refractivity (Wildman–Crippen MR) is 251 cm³/mol. The molecule has 0 aromatic carbocycles. The van der Waals surface area contributed by atoms with E-state index in [1.165, 1.54) is 0 Å². The lowest BCUT2D eigenvalue weighted by Gasteiger charge is -2.63. The summed E-state index contributed by atoms with van der Waals surface area (Å²) in [5, 5.41) is 89.0. The van der Waals surface area contributed by atoms with Crippen molar-refractivity contribution in [3.63, 3.8) is 0 Å². The van der Waals surface area contributed by atoms with Gasteiger partial charge in [0.1, 0.15) is 6.54 Å². The molecule has 0 bridgehead atoms. The maximum atomic E-state index is 12.2. The zero-order chi connectivity index (χ0) is 49.0. The van der Waals surface area contributed by atoms with Gasteiger partial charge in [0, 0.05) is 19.4 Å².